The van der Waals surface area contributed by atoms with Crippen LogP contribution in [0.3, 0.4) is 0 Å². The van der Waals surface area contributed by atoms with Gasteiger partial charge >= 0.3 is 0 Å². The summed E-state index contributed by atoms with van der Waals surface area (Å²) in [5, 5.41) is 3.13. The molecule has 1 heterocycles. The predicted octanol–water partition coefficient (Wildman–Crippen LogP) is 2.43. The monoisotopic (exact) mass is 363 g/mol. The van der Waals surface area contributed by atoms with Crippen molar-refractivity contribution in [2.24, 2.45) is 0 Å². The number of halogens is 2. The first-order chi connectivity index (χ1) is 11.6. The van der Waals surface area contributed by atoms with Crippen molar-refractivity contribution in [2.75, 3.05) is 11.4 Å². The van der Waals surface area contributed by atoms with Crippen LogP contribution in [0.15, 0.2) is 48.5 Å². The number of quaternary nitrogens is 1. The molecule has 1 aliphatic rings. The number of hydrogen-bond donors (Lipinski definition) is 1. The third-order valence-corrected chi connectivity index (χ3v) is 4.66. The van der Waals surface area contributed by atoms with Crippen LogP contribution >= 0.6 is 23.2 Å². The van der Waals surface area contributed by atoms with Crippen LogP contribution in [0.25, 0.3) is 0 Å². The van der Waals surface area contributed by atoms with E-state index in [0.29, 0.717) is 28.7 Å². The van der Waals surface area contributed by atoms with Crippen LogP contribution in [0.4, 0.5) is 5.69 Å². The van der Waals surface area contributed by atoms with Crippen LogP contribution in [0, 0.1) is 0 Å². The van der Waals surface area contributed by atoms with Crippen molar-refractivity contribution < 1.29 is 14.9 Å². The highest BCUT2D eigenvalue weighted by Gasteiger charge is 2.41. The van der Waals surface area contributed by atoms with E-state index in [9.17, 15) is 9.59 Å². The molecule has 124 valence electrons. The lowest BCUT2D eigenvalue weighted by Gasteiger charge is -2.14. The average molecular weight is 364 g/mol. The van der Waals surface area contributed by atoms with Crippen molar-refractivity contribution in [2.45, 2.75) is 18.9 Å². The number of anilines is 1. The van der Waals surface area contributed by atoms with E-state index in [1.807, 2.05) is 29.6 Å². The maximum absolute atomic E-state index is 12.5. The predicted molar refractivity (Wildman–Crippen MR) is 94.3 cm³/mol. The first kappa shape index (κ1) is 17.0. The second kappa shape index (κ2) is 7.34. The van der Waals surface area contributed by atoms with Crippen LogP contribution < -0.4 is 10.2 Å². The summed E-state index contributed by atoms with van der Waals surface area (Å²) in [5.41, 5.74) is 1.61. The second-order valence-electron chi connectivity index (χ2n) is 5.72. The zero-order valence-electron chi connectivity index (χ0n) is 12.9. The Kier molecular flexibility index (Phi) is 5.19. The van der Waals surface area contributed by atoms with E-state index in [1.165, 1.54) is 4.90 Å². The Morgan fingerprint density at radius 3 is 2.54 bits per heavy atom. The standard InChI is InChI=1S/C18H16Cl2N2O2/c19-13-7-6-12(15(20)10-13)8-9-21-16-11-17(23)22(18(16)24)14-4-2-1-3-5-14/h1-7,10,16,21H,8-9,11H2/p+1/t16-/m0/s1. The first-order valence-electron chi connectivity index (χ1n) is 7.75. The van der Waals surface area contributed by atoms with Crippen LogP contribution in [-0.2, 0) is 16.0 Å². The minimum Gasteiger partial charge on any atom is -0.335 e. The fourth-order valence-corrected chi connectivity index (χ4v) is 3.36. The number of carbonyl (C=O) groups excluding carboxylic acids is 2. The molecular formula is C18H17Cl2N2O2+. The molecule has 0 unspecified atom stereocenters. The molecule has 2 amide bonds. The van der Waals surface area contributed by atoms with E-state index in [-0.39, 0.29) is 24.3 Å². The zero-order valence-corrected chi connectivity index (χ0v) is 14.4. The molecule has 0 aromatic heterocycles. The molecule has 24 heavy (non-hydrogen) atoms. The first-order valence-corrected chi connectivity index (χ1v) is 8.51. The zero-order chi connectivity index (χ0) is 17.1. The third-order valence-electron chi connectivity index (χ3n) is 4.08. The van der Waals surface area contributed by atoms with Gasteiger partial charge in [-0.2, -0.15) is 0 Å². The van der Waals surface area contributed by atoms with E-state index in [2.05, 4.69) is 0 Å². The quantitative estimate of drug-likeness (QED) is 0.829. The van der Waals surface area contributed by atoms with Gasteiger partial charge in [-0.3, -0.25) is 9.59 Å². The molecule has 2 aromatic carbocycles. The van der Waals surface area contributed by atoms with Crippen LogP contribution in [0.2, 0.25) is 10.0 Å². The number of amides is 2. The second-order valence-corrected chi connectivity index (χ2v) is 6.57. The summed E-state index contributed by atoms with van der Waals surface area (Å²) in [4.78, 5) is 25.9. The molecule has 1 atom stereocenters. The minimum atomic E-state index is -0.371. The molecule has 0 radical (unpaired) electrons. The highest BCUT2D eigenvalue weighted by Crippen LogP contribution is 2.22. The van der Waals surface area contributed by atoms with E-state index in [1.54, 1.807) is 24.3 Å². The van der Waals surface area contributed by atoms with Gasteiger partial charge in [0.2, 0.25) is 5.91 Å². The Balaban J connectivity index is 1.60. The van der Waals surface area contributed by atoms with Gasteiger partial charge in [0.1, 0.15) is 0 Å². The molecular weight excluding hydrogens is 347 g/mol. The van der Waals surface area contributed by atoms with Crippen molar-refractivity contribution in [1.82, 2.24) is 0 Å². The highest BCUT2D eigenvalue weighted by atomic mass is 35.5. The molecule has 1 fully saturated rings. The summed E-state index contributed by atoms with van der Waals surface area (Å²) in [6.07, 6.45) is 0.932. The number of benzene rings is 2. The summed E-state index contributed by atoms with van der Waals surface area (Å²) >= 11 is 12.0. The number of rotatable bonds is 5. The van der Waals surface area contributed by atoms with Crippen molar-refractivity contribution in [3.63, 3.8) is 0 Å². The van der Waals surface area contributed by atoms with Crippen LogP contribution in [0.5, 0.6) is 0 Å². The molecule has 0 saturated carbocycles. The lowest BCUT2D eigenvalue weighted by Crippen LogP contribution is -2.92. The van der Waals surface area contributed by atoms with Crippen molar-refractivity contribution in [3.05, 3.63) is 64.1 Å². The number of imide groups is 1. The van der Waals surface area contributed by atoms with E-state index < -0.39 is 0 Å². The van der Waals surface area contributed by atoms with E-state index >= 15 is 0 Å². The minimum absolute atomic E-state index is 0.156. The maximum Gasteiger partial charge on any atom is 0.292 e. The highest BCUT2D eigenvalue weighted by molar-refractivity contribution is 6.35. The van der Waals surface area contributed by atoms with Gasteiger partial charge in [-0.1, -0.05) is 47.5 Å². The van der Waals surface area contributed by atoms with Gasteiger partial charge < -0.3 is 5.32 Å². The number of nitrogens with two attached hydrogens (primary N) is 1. The van der Waals surface area contributed by atoms with Gasteiger partial charge in [0.25, 0.3) is 5.91 Å². The summed E-state index contributed by atoms with van der Waals surface area (Å²) in [5.74, 6) is -0.314. The smallest absolute Gasteiger partial charge is 0.292 e. The Bertz CT molecular complexity index is 765. The molecule has 2 aromatic rings. The van der Waals surface area contributed by atoms with Gasteiger partial charge in [0.15, 0.2) is 6.04 Å². The van der Waals surface area contributed by atoms with Gasteiger partial charge in [0.05, 0.1) is 18.7 Å². The Morgan fingerprint density at radius 2 is 1.83 bits per heavy atom. The molecule has 1 aliphatic heterocycles. The maximum atomic E-state index is 12.5. The van der Waals surface area contributed by atoms with Gasteiger partial charge in [-0.05, 0) is 29.8 Å². The lowest BCUT2D eigenvalue weighted by molar-refractivity contribution is -0.674. The van der Waals surface area contributed by atoms with Crippen LogP contribution in [-0.4, -0.2) is 24.4 Å². The summed E-state index contributed by atoms with van der Waals surface area (Å²) in [6, 6.07) is 14.0. The molecule has 4 nitrogen and oxygen atoms in total. The molecule has 3 rings (SSSR count). The number of nitrogens with zero attached hydrogens (tertiary/aromatic N) is 1. The number of hydrogen-bond acceptors (Lipinski definition) is 2. The van der Waals surface area contributed by atoms with Crippen molar-refractivity contribution in [3.8, 4) is 0 Å². The van der Waals surface area contributed by atoms with Gasteiger partial charge in [0, 0.05) is 16.5 Å². The Labute approximate surface area is 150 Å². The number of carbonyl (C=O) groups is 2. The van der Waals surface area contributed by atoms with Crippen molar-refractivity contribution in [1.29, 1.82) is 0 Å². The fraction of sp³-hybridized carbons (Fsp3) is 0.222. The largest absolute Gasteiger partial charge is 0.335 e. The van der Waals surface area contributed by atoms with Crippen LogP contribution in [0.1, 0.15) is 12.0 Å². The molecule has 0 aliphatic carbocycles. The molecule has 6 heteroatoms. The Hall–Kier alpha value is -1.88. The molecule has 0 bridgehead atoms. The topological polar surface area (TPSA) is 54.0 Å². The van der Waals surface area contributed by atoms with Crippen molar-refractivity contribution >= 4 is 40.7 Å². The molecule has 1 saturated heterocycles. The van der Waals surface area contributed by atoms with Gasteiger partial charge in [-0.15, -0.1) is 0 Å². The van der Waals surface area contributed by atoms with E-state index in [4.69, 9.17) is 23.2 Å². The summed E-state index contributed by atoms with van der Waals surface area (Å²) in [7, 11) is 0. The van der Waals surface area contributed by atoms with E-state index in [0.717, 1.165) is 5.56 Å². The molecule has 0 spiro atoms. The third kappa shape index (κ3) is 3.61. The Morgan fingerprint density at radius 1 is 1.08 bits per heavy atom. The number of para-hydroxylation sites is 1. The average Bonchev–Trinajstić information content (AvgIpc) is 2.84. The lowest BCUT2D eigenvalue weighted by atomic mass is 10.1. The summed E-state index contributed by atoms with van der Waals surface area (Å²) < 4.78 is 0. The van der Waals surface area contributed by atoms with Gasteiger partial charge in [-0.25, -0.2) is 4.90 Å². The summed E-state index contributed by atoms with van der Waals surface area (Å²) in [6.45, 7) is 0.674. The molecule has 2 N–H and O–H groups in total. The SMILES string of the molecule is O=C1C[C@H]([NH2+]CCc2ccc(Cl)cc2Cl)C(=O)N1c1ccccc1. The normalized spacial score (nSPS) is 17.6. The fourth-order valence-electron chi connectivity index (χ4n) is 2.85.